The van der Waals surface area contributed by atoms with Gasteiger partial charge in [0.15, 0.2) is 0 Å². The largest absolute Gasteiger partial charge is 0.379 e. The van der Waals surface area contributed by atoms with Crippen LogP contribution in [-0.4, -0.2) is 17.7 Å². The fourth-order valence-corrected chi connectivity index (χ4v) is 3.78. The Kier molecular flexibility index (Phi) is 8.58. The molecule has 1 amide bonds. The highest BCUT2D eigenvalue weighted by Crippen LogP contribution is 2.31. The van der Waals surface area contributed by atoms with Crippen molar-refractivity contribution >= 4 is 29.1 Å². The van der Waals surface area contributed by atoms with Crippen molar-refractivity contribution in [3.63, 3.8) is 0 Å². The number of nitrogens with one attached hydrogen (secondary N) is 3. The van der Waals surface area contributed by atoms with E-state index in [0.717, 1.165) is 11.1 Å². The molecule has 0 spiro atoms. The molecule has 0 fully saturated rings. The Labute approximate surface area is 216 Å². The van der Waals surface area contributed by atoms with E-state index in [0.29, 0.717) is 22.5 Å². The molecule has 3 N–H and O–H groups in total. The number of amides is 1. The zero-order valence-corrected chi connectivity index (χ0v) is 21.5. The summed E-state index contributed by atoms with van der Waals surface area (Å²) in [5, 5.41) is 14.3. The van der Waals surface area contributed by atoms with Crippen molar-refractivity contribution in [2.45, 2.75) is 52.0 Å². The summed E-state index contributed by atoms with van der Waals surface area (Å²) < 4.78 is 41.1. The van der Waals surface area contributed by atoms with Crippen molar-refractivity contribution in [3.8, 4) is 0 Å². The van der Waals surface area contributed by atoms with Crippen LogP contribution in [0.1, 0.15) is 56.4 Å². The van der Waals surface area contributed by atoms with Gasteiger partial charge in [0.05, 0.1) is 12.1 Å². The number of halogens is 3. The molecule has 0 heterocycles. The minimum atomic E-state index is -2.88. The molecule has 3 rings (SSSR count). The summed E-state index contributed by atoms with van der Waals surface area (Å²) in [6.45, 7) is 7.43. The monoisotopic (exact) mass is 507 g/mol. The van der Waals surface area contributed by atoms with Crippen LogP contribution in [0.5, 0.6) is 0 Å². The van der Waals surface area contributed by atoms with E-state index in [1.165, 1.54) is 37.4 Å². The van der Waals surface area contributed by atoms with Crippen molar-refractivity contribution in [2.24, 2.45) is 0 Å². The molecule has 0 bridgehead atoms. The summed E-state index contributed by atoms with van der Waals surface area (Å²) in [6.07, 6.45) is 1.02. The summed E-state index contributed by atoms with van der Waals surface area (Å²) in [4.78, 5) is 12.5. The first-order valence-electron chi connectivity index (χ1n) is 12.1. The average Bonchev–Trinajstić information content (AvgIpc) is 2.85. The van der Waals surface area contributed by atoms with Gasteiger partial charge in [0.25, 0.3) is 5.92 Å². The molecule has 0 saturated heterocycles. The van der Waals surface area contributed by atoms with Crippen LogP contribution < -0.4 is 10.6 Å². The summed E-state index contributed by atoms with van der Waals surface area (Å²) in [5.41, 5.74) is 3.63. The first-order valence-corrected chi connectivity index (χ1v) is 12.1. The summed E-state index contributed by atoms with van der Waals surface area (Å²) in [5.74, 6) is -3.50. The van der Waals surface area contributed by atoms with Gasteiger partial charge in [-0.3, -0.25) is 4.79 Å². The molecule has 4 nitrogen and oxygen atoms in total. The summed E-state index contributed by atoms with van der Waals surface area (Å²) in [6, 6.07) is 19.0. The maximum absolute atomic E-state index is 13.8. The smallest absolute Gasteiger partial charge is 0.273 e. The van der Waals surface area contributed by atoms with E-state index in [1.807, 2.05) is 20.8 Å². The Bertz CT molecular complexity index is 1260. The van der Waals surface area contributed by atoms with Crippen LogP contribution in [0.15, 0.2) is 72.8 Å². The standard InChI is InChI=1S/C30H32F3N3O/c1-5-30(32,33)23-12-6-20(7-13-23)18-27(37)35-25-16-10-21(11-17-25)26(19-34)28(36-29(2,3)4)22-8-14-24(31)15-9-22/h6-17,19,34,36H,5,18H2,1-4H3,(H,35,37)/b28-26+,34-19?. The zero-order valence-electron chi connectivity index (χ0n) is 21.5. The quantitative estimate of drug-likeness (QED) is 0.208. The number of carbonyl (C=O) groups excluding carboxylic acids is 1. The van der Waals surface area contributed by atoms with Crippen LogP contribution >= 0.6 is 0 Å². The number of allylic oxidation sites excluding steroid dienone is 1. The normalized spacial score (nSPS) is 12.5. The number of hydrogen-bond acceptors (Lipinski definition) is 3. The number of rotatable bonds is 9. The SMILES string of the molecule is CCC(F)(F)c1ccc(CC(=O)Nc2ccc(/C(C=N)=C(/NC(C)(C)C)c3ccc(F)cc3)cc2)cc1. The topological polar surface area (TPSA) is 65.0 Å². The van der Waals surface area contributed by atoms with Gasteiger partial charge in [0, 0.05) is 35.0 Å². The van der Waals surface area contributed by atoms with Crippen molar-refractivity contribution < 1.29 is 18.0 Å². The van der Waals surface area contributed by atoms with Gasteiger partial charge in [-0.25, -0.2) is 13.2 Å². The lowest BCUT2D eigenvalue weighted by Gasteiger charge is -2.26. The molecule has 0 aliphatic heterocycles. The molecular formula is C30H32F3N3O. The molecule has 0 aliphatic rings. The number of anilines is 1. The van der Waals surface area contributed by atoms with E-state index in [-0.39, 0.29) is 35.7 Å². The van der Waals surface area contributed by atoms with Crippen LogP contribution in [0.3, 0.4) is 0 Å². The molecule has 0 radical (unpaired) electrons. The van der Waals surface area contributed by atoms with Gasteiger partial charge in [0.1, 0.15) is 5.82 Å². The summed E-state index contributed by atoms with van der Waals surface area (Å²) >= 11 is 0. The molecule has 0 aliphatic carbocycles. The second-order valence-corrected chi connectivity index (χ2v) is 9.87. The molecule has 37 heavy (non-hydrogen) atoms. The Hall–Kier alpha value is -3.87. The maximum Gasteiger partial charge on any atom is 0.273 e. The van der Waals surface area contributed by atoms with Crippen molar-refractivity contribution in [2.75, 3.05) is 5.32 Å². The van der Waals surface area contributed by atoms with Gasteiger partial charge in [-0.05, 0) is 73.9 Å². The number of alkyl halides is 2. The predicted octanol–water partition coefficient (Wildman–Crippen LogP) is 7.41. The Morgan fingerprint density at radius 2 is 1.46 bits per heavy atom. The molecule has 0 atom stereocenters. The highest BCUT2D eigenvalue weighted by molar-refractivity contribution is 6.18. The molecule has 194 valence electrons. The van der Waals surface area contributed by atoms with E-state index in [1.54, 1.807) is 48.5 Å². The third-order valence-corrected chi connectivity index (χ3v) is 5.71. The Morgan fingerprint density at radius 1 is 0.892 bits per heavy atom. The lowest BCUT2D eigenvalue weighted by molar-refractivity contribution is -0.115. The van der Waals surface area contributed by atoms with Gasteiger partial charge in [-0.1, -0.05) is 43.3 Å². The number of carbonyl (C=O) groups is 1. The Morgan fingerprint density at radius 3 is 1.97 bits per heavy atom. The third-order valence-electron chi connectivity index (χ3n) is 5.71. The van der Waals surface area contributed by atoms with Gasteiger partial charge in [-0.2, -0.15) is 0 Å². The fraction of sp³-hybridized carbons (Fsp3) is 0.267. The molecule has 0 saturated carbocycles. The minimum absolute atomic E-state index is 0.0512. The number of benzene rings is 3. The van der Waals surface area contributed by atoms with Crippen molar-refractivity contribution in [3.05, 3.63) is 101 Å². The predicted molar refractivity (Wildman–Crippen MR) is 144 cm³/mol. The van der Waals surface area contributed by atoms with Gasteiger partial charge in [0.2, 0.25) is 5.91 Å². The highest BCUT2D eigenvalue weighted by atomic mass is 19.3. The van der Waals surface area contributed by atoms with Crippen LogP contribution in [-0.2, 0) is 17.1 Å². The van der Waals surface area contributed by atoms with E-state index >= 15 is 0 Å². The average molecular weight is 508 g/mol. The minimum Gasteiger partial charge on any atom is -0.379 e. The van der Waals surface area contributed by atoms with E-state index in [9.17, 15) is 18.0 Å². The highest BCUT2D eigenvalue weighted by Gasteiger charge is 2.28. The molecule has 7 heteroatoms. The second kappa shape index (κ2) is 11.5. The first-order chi connectivity index (χ1) is 17.4. The molecule has 3 aromatic rings. The maximum atomic E-state index is 13.8. The fourth-order valence-electron chi connectivity index (χ4n) is 3.78. The van der Waals surface area contributed by atoms with Gasteiger partial charge >= 0.3 is 0 Å². The van der Waals surface area contributed by atoms with Crippen LogP contribution in [0.25, 0.3) is 11.3 Å². The third kappa shape index (κ3) is 7.56. The summed E-state index contributed by atoms with van der Waals surface area (Å²) in [7, 11) is 0. The molecule has 3 aromatic carbocycles. The van der Waals surface area contributed by atoms with Crippen molar-refractivity contribution in [1.29, 1.82) is 5.41 Å². The van der Waals surface area contributed by atoms with Crippen LogP contribution in [0, 0.1) is 11.2 Å². The van der Waals surface area contributed by atoms with Gasteiger partial charge in [-0.15, -0.1) is 0 Å². The van der Waals surface area contributed by atoms with Crippen LogP contribution in [0.4, 0.5) is 18.9 Å². The van der Waals surface area contributed by atoms with E-state index in [2.05, 4.69) is 10.6 Å². The van der Waals surface area contributed by atoms with Gasteiger partial charge < -0.3 is 16.0 Å². The van der Waals surface area contributed by atoms with Crippen molar-refractivity contribution in [1.82, 2.24) is 5.32 Å². The molecule has 0 unspecified atom stereocenters. The number of hydrogen-bond donors (Lipinski definition) is 3. The van der Waals surface area contributed by atoms with Crippen LogP contribution in [0.2, 0.25) is 0 Å². The van der Waals surface area contributed by atoms with E-state index < -0.39 is 5.92 Å². The lowest BCUT2D eigenvalue weighted by atomic mass is 9.97. The van der Waals surface area contributed by atoms with E-state index in [4.69, 9.17) is 5.41 Å². The molecular weight excluding hydrogens is 475 g/mol. The Balaban J connectivity index is 1.78. The molecule has 0 aromatic heterocycles. The first kappa shape index (κ1) is 27.7. The lowest BCUT2D eigenvalue weighted by Crippen LogP contribution is -2.35. The zero-order chi connectivity index (χ0) is 27.2. The second-order valence-electron chi connectivity index (χ2n) is 9.87.